The molecular weight excluding hydrogens is 536 g/mol. The van der Waals surface area contributed by atoms with E-state index in [2.05, 4.69) is 16.6 Å². The highest BCUT2D eigenvalue weighted by molar-refractivity contribution is 7.89. The Hall–Kier alpha value is -3.95. The summed E-state index contributed by atoms with van der Waals surface area (Å²) in [6.07, 6.45) is 6.31. The Labute approximate surface area is 242 Å². The second-order valence-electron chi connectivity index (χ2n) is 10.6. The molecule has 41 heavy (non-hydrogen) atoms. The summed E-state index contributed by atoms with van der Waals surface area (Å²) in [5.41, 5.74) is 3.83. The molecule has 1 heterocycles. The van der Waals surface area contributed by atoms with Gasteiger partial charge < -0.3 is 14.2 Å². The van der Waals surface area contributed by atoms with Crippen molar-refractivity contribution < 1.29 is 17.9 Å². The van der Waals surface area contributed by atoms with Crippen molar-refractivity contribution in [3.05, 3.63) is 108 Å². The van der Waals surface area contributed by atoms with E-state index in [1.807, 2.05) is 66.3 Å². The highest BCUT2D eigenvalue weighted by atomic mass is 32.2. The highest BCUT2D eigenvalue weighted by Gasteiger charge is 2.28. The van der Waals surface area contributed by atoms with Crippen LogP contribution in [0.25, 0.3) is 0 Å². The van der Waals surface area contributed by atoms with Crippen molar-refractivity contribution in [2.45, 2.75) is 56.0 Å². The number of benzene rings is 3. The highest BCUT2D eigenvalue weighted by Crippen LogP contribution is 2.35. The number of aryl methyl sites for hydroxylation is 2. The molecule has 0 aliphatic heterocycles. The maximum Gasteiger partial charge on any atom is 0.241 e. The van der Waals surface area contributed by atoms with Crippen molar-refractivity contribution >= 4 is 21.6 Å². The SMILES string of the molecule is COc1ccc(S(=O)(=O)N[C@H]2CCCc3ccc(N(Cc4nccn4C)C(=O)C[C@@H](C)c4ccccc4)cc32)cc1. The van der Waals surface area contributed by atoms with E-state index in [-0.39, 0.29) is 16.7 Å². The molecule has 0 bridgehead atoms. The average Bonchev–Trinajstić information content (AvgIpc) is 3.40. The third kappa shape index (κ3) is 6.52. The fourth-order valence-corrected chi connectivity index (χ4v) is 6.62. The summed E-state index contributed by atoms with van der Waals surface area (Å²) < 4.78 is 36.6. The molecule has 1 amide bonds. The van der Waals surface area contributed by atoms with Gasteiger partial charge in [-0.05, 0) is 78.3 Å². The largest absolute Gasteiger partial charge is 0.497 e. The Morgan fingerprint density at radius 3 is 2.56 bits per heavy atom. The lowest BCUT2D eigenvalue weighted by molar-refractivity contribution is -0.119. The Morgan fingerprint density at radius 2 is 1.88 bits per heavy atom. The lowest BCUT2D eigenvalue weighted by atomic mass is 9.87. The zero-order valence-electron chi connectivity index (χ0n) is 23.7. The quantitative estimate of drug-likeness (QED) is 0.270. The number of imidazole rings is 1. The second kappa shape index (κ2) is 12.3. The van der Waals surface area contributed by atoms with E-state index in [0.717, 1.165) is 41.0 Å². The molecule has 0 saturated heterocycles. The number of methoxy groups -OCH3 is 1. The van der Waals surface area contributed by atoms with Crippen LogP contribution in [0.3, 0.4) is 0 Å². The number of carbonyl (C=O) groups is 1. The van der Waals surface area contributed by atoms with E-state index in [0.29, 0.717) is 25.1 Å². The second-order valence-corrected chi connectivity index (χ2v) is 12.3. The van der Waals surface area contributed by atoms with Gasteiger partial charge in [0, 0.05) is 37.6 Å². The van der Waals surface area contributed by atoms with E-state index in [4.69, 9.17) is 4.74 Å². The first-order chi connectivity index (χ1) is 19.7. The van der Waals surface area contributed by atoms with E-state index >= 15 is 0 Å². The zero-order chi connectivity index (χ0) is 29.0. The van der Waals surface area contributed by atoms with Crippen molar-refractivity contribution in [2.24, 2.45) is 7.05 Å². The average molecular weight is 573 g/mol. The van der Waals surface area contributed by atoms with Gasteiger partial charge in [0.2, 0.25) is 15.9 Å². The van der Waals surface area contributed by atoms with Crippen molar-refractivity contribution in [2.75, 3.05) is 12.0 Å². The van der Waals surface area contributed by atoms with Crippen LogP contribution < -0.4 is 14.4 Å². The van der Waals surface area contributed by atoms with Gasteiger partial charge in [-0.3, -0.25) is 4.79 Å². The van der Waals surface area contributed by atoms with Gasteiger partial charge >= 0.3 is 0 Å². The van der Waals surface area contributed by atoms with E-state index in [9.17, 15) is 13.2 Å². The monoisotopic (exact) mass is 572 g/mol. The minimum absolute atomic E-state index is 0.0181. The normalized spacial score (nSPS) is 15.6. The Bertz CT molecular complexity index is 1600. The van der Waals surface area contributed by atoms with Gasteiger partial charge in [-0.25, -0.2) is 18.1 Å². The summed E-state index contributed by atoms with van der Waals surface area (Å²) in [4.78, 5) is 20.3. The standard InChI is InChI=1S/C32H36N4O4S/c1-23(24-8-5-4-6-9-24)20-32(37)36(22-31-33-18-19-35(31)2)26-13-12-25-10-7-11-30(29(25)21-26)34-41(38,39)28-16-14-27(40-3)15-17-28/h4-6,8-9,12-19,21,23,30,34H,7,10-11,20,22H2,1-3H3/t23-,30+/m1/s1. The van der Waals surface area contributed by atoms with Crippen LogP contribution in [0.1, 0.15) is 60.7 Å². The number of aromatic nitrogens is 2. The van der Waals surface area contributed by atoms with Crippen molar-refractivity contribution in [1.29, 1.82) is 0 Å². The molecule has 2 atom stereocenters. The maximum absolute atomic E-state index is 13.8. The molecule has 0 radical (unpaired) electrons. The minimum Gasteiger partial charge on any atom is -0.497 e. The summed E-state index contributed by atoms with van der Waals surface area (Å²) in [6.45, 7) is 2.37. The number of hydrogen-bond donors (Lipinski definition) is 1. The first-order valence-electron chi connectivity index (χ1n) is 13.9. The number of amides is 1. The molecule has 1 N–H and O–H groups in total. The molecule has 1 aromatic heterocycles. The Morgan fingerprint density at radius 1 is 1.12 bits per heavy atom. The number of sulfonamides is 1. The smallest absolute Gasteiger partial charge is 0.241 e. The van der Waals surface area contributed by atoms with Crippen LogP contribution in [0.5, 0.6) is 5.75 Å². The molecule has 1 aliphatic carbocycles. The summed E-state index contributed by atoms with van der Waals surface area (Å²) in [6, 6.07) is 21.9. The predicted molar refractivity (Wildman–Crippen MR) is 159 cm³/mol. The molecule has 1 aliphatic rings. The molecule has 0 spiro atoms. The van der Waals surface area contributed by atoms with Crippen LogP contribution in [0, 0.1) is 0 Å². The Balaban J connectivity index is 1.45. The maximum atomic E-state index is 13.8. The molecule has 0 fully saturated rings. The summed E-state index contributed by atoms with van der Waals surface area (Å²) in [5.74, 6) is 1.38. The first-order valence-corrected chi connectivity index (χ1v) is 15.3. The molecule has 0 unspecified atom stereocenters. The van der Waals surface area contributed by atoms with Crippen molar-refractivity contribution in [1.82, 2.24) is 14.3 Å². The van der Waals surface area contributed by atoms with Gasteiger partial charge in [-0.15, -0.1) is 0 Å². The van der Waals surface area contributed by atoms with Gasteiger partial charge in [0.15, 0.2) is 0 Å². The molecule has 3 aromatic carbocycles. The van der Waals surface area contributed by atoms with Crippen LogP contribution in [0.15, 0.2) is 90.1 Å². The molecule has 214 valence electrons. The molecular formula is C32H36N4O4S. The topological polar surface area (TPSA) is 93.5 Å². The number of fused-ring (bicyclic) bond motifs is 1. The summed E-state index contributed by atoms with van der Waals surface area (Å²) in [7, 11) is -0.314. The van der Waals surface area contributed by atoms with Crippen LogP contribution in [0.4, 0.5) is 5.69 Å². The van der Waals surface area contributed by atoms with Gasteiger partial charge in [0.1, 0.15) is 11.6 Å². The van der Waals surface area contributed by atoms with Crippen molar-refractivity contribution in [3.8, 4) is 5.75 Å². The number of nitrogens with zero attached hydrogens (tertiary/aromatic N) is 3. The van der Waals surface area contributed by atoms with Gasteiger partial charge in [-0.1, -0.05) is 43.3 Å². The number of anilines is 1. The number of carbonyl (C=O) groups excluding carboxylic acids is 1. The van der Waals surface area contributed by atoms with Crippen LogP contribution >= 0.6 is 0 Å². The van der Waals surface area contributed by atoms with Crippen molar-refractivity contribution in [3.63, 3.8) is 0 Å². The zero-order valence-corrected chi connectivity index (χ0v) is 24.5. The molecule has 9 heteroatoms. The lowest BCUT2D eigenvalue weighted by Gasteiger charge is -2.30. The number of nitrogens with one attached hydrogen (secondary N) is 1. The lowest BCUT2D eigenvalue weighted by Crippen LogP contribution is -2.34. The van der Waals surface area contributed by atoms with Gasteiger partial charge in [0.05, 0.1) is 18.6 Å². The molecule has 4 aromatic rings. The third-order valence-electron chi connectivity index (χ3n) is 7.79. The van der Waals surface area contributed by atoms with Crippen LogP contribution in [0.2, 0.25) is 0 Å². The summed E-state index contributed by atoms with van der Waals surface area (Å²) in [5, 5.41) is 0. The molecule has 5 rings (SSSR count). The van der Waals surface area contributed by atoms with E-state index in [1.54, 1.807) is 42.5 Å². The summed E-state index contributed by atoms with van der Waals surface area (Å²) >= 11 is 0. The fourth-order valence-electron chi connectivity index (χ4n) is 5.37. The first kappa shape index (κ1) is 28.6. The van der Waals surface area contributed by atoms with Crippen LogP contribution in [-0.4, -0.2) is 31.0 Å². The third-order valence-corrected chi connectivity index (χ3v) is 9.28. The fraction of sp³-hybridized carbons (Fsp3) is 0.312. The van der Waals surface area contributed by atoms with E-state index < -0.39 is 16.1 Å². The minimum atomic E-state index is -3.77. The molecule has 8 nitrogen and oxygen atoms in total. The van der Waals surface area contributed by atoms with E-state index in [1.165, 1.54) is 0 Å². The number of hydrogen-bond acceptors (Lipinski definition) is 5. The predicted octanol–water partition coefficient (Wildman–Crippen LogP) is 5.51. The van der Waals surface area contributed by atoms with Crippen LogP contribution in [-0.2, 0) is 34.8 Å². The van der Waals surface area contributed by atoms with Gasteiger partial charge in [0.25, 0.3) is 0 Å². The number of rotatable bonds is 10. The Kier molecular flexibility index (Phi) is 8.56. The van der Waals surface area contributed by atoms with Gasteiger partial charge in [-0.2, -0.15) is 0 Å². The molecule has 0 saturated carbocycles. The number of ether oxygens (including phenoxy) is 1.